The number of benzene rings is 1. The molecule has 1 heterocycles. The minimum absolute atomic E-state index is 0.0946. The molecule has 3 nitrogen and oxygen atoms in total. The van der Waals surface area contributed by atoms with Crippen molar-refractivity contribution in [3.8, 4) is 5.75 Å². The van der Waals surface area contributed by atoms with Crippen molar-refractivity contribution in [2.75, 3.05) is 14.2 Å². The Balaban J connectivity index is 2.36. The number of hydrogen-bond donors (Lipinski definition) is 1. The van der Waals surface area contributed by atoms with E-state index in [1.165, 1.54) is 13.2 Å². The van der Waals surface area contributed by atoms with E-state index in [2.05, 4.69) is 5.32 Å². The molecule has 1 aromatic heterocycles. The van der Waals surface area contributed by atoms with Crippen molar-refractivity contribution in [2.45, 2.75) is 13.0 Å². The number of furan rings is 1. The second-order valence-corrected chi connectivity index (χ2v) is 4.11. The van der Waals surface area contributed by atoms with Crippen molar-refractivity contribution in [3.63, 3.8) is 0 Å². The summed E-state index contributed by atoms with van der Waals surface area (Å²) in [6.07, 6.45) is 1.68. The molecule has 2 rings (SSSR count). The van der Waals surface area contributed by atoms with Crippen LogP contribution in [0.25, 0.3) is 0 Å². The number of halogens is 1. The van der Waals surface area contributed by atoms with E-state index in [-0.39, 0.29) is 17.6 Å². The zero-order chi connectivity index (χ0) is 13.1. The van der Waals surface area contributed by atoms with E-state index in [1.54, 1.807) is 12.3 Å². The van der Waals surface area contributed by atoms with Crippen molar-refractivity contribution in [2.24, 2.45) is 0 Å². The summed E-state index contributed by atoms with van der Waals surface area (Å²) in [5.41, 5.74) is 1.80. The summed E-state index contributed by atoms with van der Waals surface area (Å²) in [6, 6.07) is 6.78. The van der Waals surface area contributed by atoms with Gasteiger partial charge in [0.05, 0.1) is 19.4 Å². The second kappa shape index (κ2) is 5.23. The maximum Gasteiger partial charge on any atom is 0.165 e. The second-order valence-electron chi connectivity index (χ2n) is 4.11. The number of aryl methyl sites for hydroxylation is 1. The molecule has 1 N–H and O–H groups in total. The summed E-state index contributed by atoms with van der Waals surface area (Å²) in [5.74, 6) is 0.715. The lowest BCUT2D eigenvalue weighted by Crippen LogP contribution is -2.17. The summed E-state index contributed by atoms with van der Waals surface area (Å²) >= 11 is 0. The Morgan fingerprint density at radius 3 is 2.56 bits per heavy atom. The highest BCUT2D eigenvalue weighted by Gasteiger charge is 2.16. The topological polar surface area (TPSA) is 34.4 Å². The van der Waals surface area contributed by atoms with E-state index in [0.717, 1.165) is 16.9 Å². The molecule has 0 radical (unpaired) electrons. The van der Waals surface area contributed by atoms with Gasteiger partial charge in [-0.15, -0.1) is 0 Å². The van der Waals surface area contributed by atoms with Crippen LogP contribution < -0.4 is 10.1 Å². The number of nitrogens with one attached hydrogen (secondary N) is 1. The van der Waals surface area contributed by atoms with E-state index < -0.39 is 0 Å². The van der Waals surface area contributed by atoms with Crippen molar-refractivity contribution in [1.29, 1.82) is 0 Å². The van der Waals surface area contributed by atoms with E-state index in [1.807, 2.05) is 26.1 Å². The zero-order valence-electron chi connectivity index (χ0n) is 10.7. The maximum atomic E-state index is 13.7. The van der Waals surface area contributed by atoms with Crippen molar-refractivity contribution in [3.05, 3.63) is 53.2 Å². The number of hydrogen-bond acceptors (Lipinski definition) is 3. The van der Waals surface area contributed by atoms with Crippen LogP contribution >= 0.6 is 0 Å². The fraction of sp³-hybridized carbons (Fsp3) is 0.286. The molecule has 0 saturated carbocycles. The average Bonchev–Trinajstić information content (AvgIpc) is 2.77. The molecule has 0 aliphatic carbocycles. The predicted molar refractivity (Wildman–Crippen MR) is 67.3 cm³/mol. The molecule has 0 amide bonds. The van der Waals surface area contributed by atoms with Crippen LogP contribution in [0.1, 0.15) is 22.9 Å². The Kier molecular flexibility index (Phi) is 3.67. The first-order valence-corrected chi connectivity index (χ1v) is 5.71. The lowest BCUT2D eigenvalue weighted by Gasteiger charge is -2.15. The van der Waals surface area contributed by atoms with Gasteiger partial charge in [0.1, 0.15) is 5.76 Å². The average molecular weight is 249 g/mol. The molecule has 18 heavy (non-hydrogen) atoms. The van der Waals surface area contributed by atoms with Gasteiger partial charge in [-0.2, -0.15) is 0 Å². The molecule has 0 fully saturated rings. The maximum absolute atomic E-state index is 13.7. The van der Waals surface area contributed by atoms with Gasteiger partial charge in [-0.05, 0) is 37.7 Å². The van der Waals surface area contributed by atoms with Gasteiger partial charge in [0, 0.05) is 5.56 Å². The standard InChI is InChI=1S/C14H16FNO2/c1-9-6-11(8-18-9)14(16-2)10-4-5-13(17-3)12(15)7-10/h4-8,14,16H,1-3H3. The van der Waals surface area contributed by atoms with Crippen LogP contribution in [0.5, 0.6) is 5.75 Å². The molecular weight excluding hydrogens is 233 g/mol. The Hall–Kier alpha value is -1.81. The van der Waals surface area contributed by atoms with Gasteiger partial charge in [-0.3, -0.25) is 0 Å². The van der Waals surface area contributed by atoms with Gasteiger partial charge in [-0.1, -0.05) is 6.07 Å². The molecule has 0 spiro atoms. The Morgan fingerprint density at radius 2 is 2.06 bits per heavy atom. The van der Waals surface area contributed by atoms with Gasteiger partial charge in [-0.25, -0.2) is 4.39 Å². The van der Waals surface area contributed by atoms with E-state index in [4.69, 9.17) is 9.15 Å². The third-order valence-electron chi connectivity index (χ3n) is 2.88. The van der Waals surface area contributed by atoms with Crippen LogP contribution in [0.4, 0.5) is 4.39 Å². The molecule has 0 saturated heterocycles. The molecule has 0 aliphatic heterocycles. The van der Waals surface area contributed by atoms with E-state index in [0.29, 0.717) is 0 Å². The van der Waals surface area contributed by atoms with E-state index in [9.17, 15) is 4.39 Å². The SMILES string of the molecule is CNC(c1coc(C)c1)c1ccc(OC)c(F)c1. The van der Waals surface area contributed by atoms with Crippen LogP contribution in [0.2, 0.25) is 0 Å². The number of ether oxygens (including phenoxy) is 1. The smallest absolute Gasteiger partial charge is 0.165 e. The highest BCUT2D eigenvalue weighted by atomic mass is 19.1. The first-order chi connectivity index (χ1) is 8.65. The zero-order valence-corrected chi connectivity index (χ0v) is 10.7. The molecule has 96 valence electrons. The van der Waals surface area contributed by atoms with Crippen LogP contribution in [0, 0.1) is 12.7 Å². The lowest BCUT2D eigenvalue weighted by molar-refractivity contribution is 0.386. The molecule has 1 atom stereocenters. The first kappa shape index (κ1) is 12.6. The van der Waals surface area contributed by atoms with Crippen LogP contribution in [-0.4, -0.2) is 14.2 Å². The Morgan fingerprint density at radius 1 is 1.28 bits per heavy atom. The quantitative estimate of drug-likeness (QED) is 0.904. The highest BCUT2D eigenvalue weighted by molar-refractivity contribution is 5.36. The van der Waals surface area contributed by atoms with E-state index >= 15 is 0 Å². The minimum Gasteiger partial charge on any atom is -0.494 e. The van der Waals surface area contributed by atoms with Gasteiger partial charge in [0.25, 0.3) is 0 Å². The molecule has 0 aliphatic rings. The van der Waals surface area contributed by atoms with Crippen molar-refractivity contribution < 1.29 is 13.5 Å². The van der Waals surface area contributed by atoms with Gasteiger partial charge in [0.15, 0.2) is 11.6 Å². The normalized spacial score (nSPS) is 12.4. The largest absolute Gasteiger partial charge is 0.494 e. The van der Waals surface area contributed by atoms with Gasteiger partial charge >= 0.3 is 0 Å². The molecule has 0 bridgehead atoms. The molecule has 1 aromatic carbocycles. The molecule has 1 unspecified atom stereocenters. The van der Waals surface area contributed by atoms with Crippen molar-refractivity contribution >= 4 is 0 Å². The summed E-state index contributed by atoms with van der Waals surface area (Å²) in [4.78, 5) is 0. The Bertz CT molecular complexity index is 536. The molecule has 2 aromatic rings. The molecular formula is C14H16FNO2. The number of methoxy groups -OCH3 is 1. The molecule has 4 heteroatoms. The van der Waals surface area contributed by atoms with Gasteiger partial charge in [0.2, 0.25) is 0 Å². The summed E-state index contributed by atoms with van der Waals surface area (Å²) in [5, 5.41) is 3.15. The summed E-state index contributed by atoms with van der Waals surface area (Å²) in [7, 11) is 3.28. The van der Waals surface area contributed by atoms with Crippen LogP contribution in [0.15, 0.2) is 34.9 Å². The third kappa shape index (κ3) is 2.38. The summed E-state index contributed by atoms with van der Waals surface area (Å²) in [6.45, 7) is 1.88. The highest BCUT2D eigenvalue weighted by Crippen LogP contribution is 2.27. The minimum atomic E-state index is -0.365. The fourth-order valence-corrected chi connectivity index (χ4v) is 2.00. The summed E-state index contributed by atoms with van der Waals surface area (Å²) < 4.78 is 23.9. The number of rotatable bonds is 4. The first-order valence-electron chi connectivity index (χ1n) is 5.71. The van der Waals surface area contributed by atoms with Crippen molar-refractivity contribution in [1.82, 2.24) is 5.32 Å². The third-order valence-corrected chi connectivity index (χ3v) is 2.88. The van der Waals surface area contributed by atoms with Crippen LogP contribution in [0.3, 0.4) is 0 Å². The predicted octanol–water partition coefficient (Wildman–Crippen LogP) is 3.04. The Labute approximate surface area is 106 Å². The monoisotopic (exact) mass is 249 g/mol. The van der Waals surface area contributed by atoms with Gasteiger partial charge < -0.3 is 14.5 Å². The van der Waals surface area contributed by atoms with Crippen LogP contribution in [-0.2, 0) is 0 Å². The lowest BCUT2D eigenvalue weighted by atomic mass is 10.0. The fourth-order valence-electron chi connectivity index (χ4n) is 2.00.